The summed E-state index contributed by atoms with van der Waals surface area (Å²) in [5, 5.41) is 2.92. The van der Waals surface area contributed by atoms with Crippen LogP contribution in [-0.2, 0) is 39.2 Å². The summed E-state index contributed by atoms with van der Waals surface area (Å²) in [7, 11) is -3.82. The average molecular weight is 618 g/mol. The Morgan fingerprint density at radius 3 is 2.11 bits per heavy atom. The molecular weight excluding hydrogens is 585 g/mol. The zero-order valence-electron chi connectivity index (χ0n) is 24.1. The third-order valence-electron chi connectivity index (χ3n) is 7.15. The minimum Gasteiger partial charge on any atom is -0.454 e. The summed E-state index contributed by atoms with van der Waals surface area (Å²) in [5.41, 5.74) is 2.56. The minimum atomic E-state index is -3.82. The zero-order chi connectivity index (χ0) is 31.1. The van der Waals surface area contributed by atoms with Crippen molar-refractivity contribution in [2.75, 3.05) is 19.6 Å². The van der Waals surface area contributed by atoms with Crippen LogP contribution in [-0.4, -0.2) is 49.0 Å². The summed E-state index contributed by atoms with van der Waals surface area (Å²) in [6.45, 7) is -0.341. The van der Waals surface area contributed by atoms with Crippen molar-refractivity contribution in [2.24, 2.45) is 0 Å². The average Bonchev–Trinajstić information content (AvgIpc) is 3.49. The van der Waals surface area contributed by atoms with Gasteiger partial charge in [0.15, 0.2) is 11.5 Å². The first-order chi connectivity index (χ1) is 21.2. The molecule has 0 unspecified atom stereocenters. The number of amides is 2. The standard InChI is InChI=1S/C33H32FN3O6S/c1-44(40,41)36(20-24-8-4-2-5-9-24)22-31(38)37(21-25-12-15-28(34)16-13-25)32(27-10-6-3-7-11-27)33(39)35-19-26-14-17-29-30(18-26)43-23-42-29/h2-18,32H,19-23H2,1H3,(H,35,39)/t32-/m0/s1. The van der Waals surface area contributed by atoms with Crippen LogP contribution >= 0.6 is 0 Å². The maximum atomic E-state index is 14.1. The van der Waals surface area contributed by atoms with Crippen molar-refractivity contribution >= 4 is 21.8 Å². The quantitative estimate of drug-likeness (QED) is 0.253. The Hall–Kier alpha value is -4.74. The summed E-state index contributed by atoms with van der Waals surface area (Å²) in [5.74, 6) is -0.326. The Labute approximate surface area is 255 Å². The second-order valence-electron chi connectivity index (χ2n) is 10.4. The second kappa shape index (κ2) is 13.7. The highest BCUT2D eigenvalue weighted by Gasteiger charge is 2.34. The van der Waals surface area contributed by atoms with Crippen LogP contribution in [0.25, 0.3) is 0 Å². The zero-order valence-corrected chi connectivity index (χ0v) is 24.9. The molecule has 1 atom stereocenters. The molecule has 2 amide bonds. The molecule has 9 nitrogen and oxygen atoms in total. The Bertz CT molecular complexity index is 1700. The molecule has 1 N–H and O–H groups in total. The van der Waals surface area contributed by atoms with E-state index in [4.69, 9.17) is 9.47 Å². The topological polar surface area (TPSA) is 105 Å². The van der Waals surface area contributed by atoms with Crippen molar-refractivity contribution in [1.29, 1.82) is 0 Å². The van der Waals surface area contributed by atoms with Crippen molar-refractivity contribution in [3.05, 3.63) is 131 Å². The van der Waals surface area contributed by atoms with Gasteiger partial charge in [-0.05, 0) is 46.5 Å². The van der Waals surface area contributed by atoms with Crippen LogP contribution in [0.2, 0.25) is 0 Å². The summed E-state index contributed by atoms with van der Waals surface area (Å²) in [4.78, 5) is 29.4. The Balaban J connectivity index is 1.46. The lowest BCUT2D eigenvalue weighted by atomic mass is 10.0. The summed E-state index contributed by atoms with van der Waals surface area (Å²) < 4.78 is 51.3. The largest absolute Gasteiger partial charge is 0.454 e. The van der Waals surface area contributed by atoms with E-state index in [0.29, 0.717) is 28.2 Å². The van der Waals surface area contributed by atoms with Crippen LogP contribution in [0, 0.1) is 5.82 Å². The van der Waals surface area contributed by atoms with Crippen molar-refractivity contribution in [2.45, 2.75) is 25.7 Å². The first-order valence-electron chi connectivity index (χ1n) is 13.9. The summed E-state index contributed by atoms with van der Waals surface area (Å²) >= 11 is 0. The normalized spacial score (nSPS) is 13.0. The first kappa shape index (κ1) is 30.7. The smallest absolute Gasteiger partial charge is 0.247 e. The van der Waals surface area contributed by atoms with Gasteiger partial charge in [0.05, 0.1) is 12.8 Å². The number of benzene rings is 4. The number of hydrogen-bond acceptors (Lipinski definition) is 6. The Morgan fingerprint density at radius 1 is 0.818 bits per heavy atom. The van der Waals surface area contributed by atoms with E-state index in [1.807, 2.05) is 6.07 Å². The fourth-order valence-corrected chi connectivity index (χ4v) is 5.60. The number of nitrogens with zero attached hydrogens (tertiary/aromatic N) is 2. The van der Waals surface area contributed by atoms with Gasteiger partial charge in [0, 0.05) is 19.6 Å². The van der Waals surface area contributed by atoms with Crippen molar-refractivity contribution in [1.82, 2.24) is 14.5 Å². The van der Waals surface area contributed by atoms with E-state index in [1.165, 1.54) is 29.2 Å². The number of halogens is 1. The van der Waals surface area contributed by atoms with Crippen LogP contribution < -0.4 is 14.8 Å². The van der Waals surface area contributed by atoms with Crippen LogP contribution in [0.3, 0.4) is 0 Å². The predicted molar refractivity (Wildman–Crippen MR) is 162 cm³/mol. The van der Waals surface area contributed by atoms with Crippen molar-refractivity contribution < 1.29 is 31.9 Å². The molecule has 0 aromatic heterocycles. The Kier molecular flexibility index (Phi) is 9.56. The number of fused-ring (bicyclic) bond motifs is 1. The first-order valence-corrected chi connectivity index (χ1v) is 15.8. The van der Waals surface area contributed by atoms with Gasteiger partial charge < -0.3 is 19.7 Å². The van der Waals surface area contributed by atoms with E-state index >= 15 is 0 Å². The number of rotatable bonds is 12. The SMILES string of the molecule is CS(=O)(=O)N(CC(=O)N(Cc1ccc(F)cc1)[C@H](C(=O)NCc1ccc2c(c1)OCO2)c1ccccc1)Cc1ccccc1. The maximum Gasteiger partial charge on any atom is 0.247 e. The van der Waals surface area contributed by atoms with Gasteiger partial charge in [-0.2, -0.15) is 4.31 Å². The van der Waals surface area contributed by atoms with Crippen LogP contribution in [0.15, 0.2) is 103 Å². The molecule has 1 aliphatic rings. The fourth-order valence-electron chi connectivity index (χ4n) is 4.87. The molecule has 11 heteroatoms. The molecule has 0 spiro atoms. The number of ether oxygens (including phenoxy) is 2. The van der Waals surface area contributed by atoms with Gasteiger partial charge in [-0.1, -0.05) is 78.9 Å². The molecule has 1 aliphatic heterocycles. The second-order valence-corrected chi connectivity index (χ2v) is 12.4. The third-order valence-corrected chi connectivity index (χ3v) is 8.34. The molecule has 0 saturated heterocycles. The van der Waals surface area contributed by atoms with Gasteiger partial charge in [-0.3, -0.25) is 9.59 Å². The molecule has 44 heavy (non-hydrogen) atoms. The molecule has 4 aromatic carbocycles. The number of carbonyl (C=O) groups is 2. The summed E-state index contributed by atoms with van der Waals surface area (Å²) in [6.07, 6.45) is 1.04. The molecule has 0 saturated carbocycles. The van der Waals surface area contributed by atoms with Gasteiger partial charge in [-0.25, -0.2) is 12.8 Å². The van der Waals surface area contributed by atoms with Gasteiger partial charge in [-0.15, -0.1) is 0 Å². The van der Waals surface area contributed by atoms with E-state index in [2.05, 4.69) is 5.32 Å². The maximum absolute atomic E-state index is 14.1. The molecule has 1 heterocycles. The van der Waals surface area contributed by atoms with E-state index in [9.17, 15) is 22.4 Å². The lowest BCUT2D eigenvalue weighted by Gasteiger charge is -2.33. The lowest BCUT2D eigenvalue weighted by molar-refractivity contribution is -0.141. The highest BCUT2D eigenvalue weighted by atomic mass is 32.2. The number of carbonyl (C=O) groups excluding carboxylic acids is 2. The highest BCUT2D eigenvalue weighted by Crippen LogP contribution is 2.32. The highest BCUT2D eigenvalue weighted by molar-refractivity contribution is 7.88. The van der Waals surface area contributed by atoms with Crippen molar-refractivity contribution in [3.8, 4) is 11.5 Å². The van der Waals surface area contributed by atoms with Crippen LogP contribution in [0.5, 0.6) is 11.5 Å². The van der Waals surface area contributed by atoms with Gasteiger partial charge in [0.1, 0.15) is 11.9 Å². The van der Waals surface area contributed by atoms with E-state index in [1.54, 1.807) is 72.8 Å². The minimum absolute atomic E-state index is 0.0257. The van der Waals surface area contributed by atoms with Gasteiger partial charge in [0.2, 0.25) is 28.6 Å². The molecule has 228 valence electrons. The van der Waals surface area contributed by atoms with E-state index in [0.717, 1.165) is 16.1 Å². The fraction of sp³-hybridized carbons (Fsp3) is 0.212. The van der Waals surface area contributed by atoms with E-state index in [-0.39, 0.29) is 26.4 Å². The number of hydrogen-bond donors (Lipinski definition) is 1. The summed E-state index contributed by atoms with van der Waals surface area (Å²) in [6, 6.07) is 27.5. The predicted octanol–water partition coefficient (Wildman–Crippen LogP) is 4.40. The number of nitrogens with one attached hydrogen (secondary N) is 1. The molecule has 0 aliphatic carbocycles. The van der Waals surface area contributed by atoms with Gasteiger partial charge >= 0.3 is 0 Å². The number of sulfonamides is 1. The molecule has 4 aromatic rings. The van der Waals surface area contributed by atoms with Crippen LogP contribution in [0.4, 0.5) is 4.39 Å². The molecule has 5 rings (SSSR count). The van der Waals surface area contributed by atoms with Crippen LogP contribution in [0.1, 0.15) is 28.3 Å². The van der Waals surface area contributed by atoms with Gasteiger partial charge in [0.25, 0.3) is 0 Å². The van der Waals surface area contributed by atoms with Crippen molar-refractivity contribution in [3.63, 3.8) is 0 Å². The molecule has 0 fully saturated rings. The molecule has 0 radical (unpaired) electrons. The van der Waals surface area contributed by atoms with E-state index < -0.39 is 40.2 Å². The molecule has 0 bridgehead atoms. The third kappa shape index (κ3) is 7.80. The Morgan fingerprint density at radius 2 is 1.43 bits per heavy atom. The monoisotopic (exact) mass is 617 g/mol. The molecular formula is C33H32FN3O6S. The lowest BCUT2D eigenvalue weighted by Crippen LogP contribution is -2.47.